The number of ether oxygens (including phenoxy) is 1. The highest BCUT2D eigenvalue weighted by Crippen LogP contribution is 2.30. The van der Waals surface area contributed by atoms with Crippen LogP contribution in [0.3, 0.4) is 0 Å². The number of anilines is 1. The maximum Gasteiger partial charge on any atom is 0.244 e. The lowest BCUT2D eigenvalue weighted by Gasteiger charge is -2.36. The van der Waals surface area contributed by atoms with Crippen LogP contribution in [0.4, 0.5) is 5.69 Å². The van der Waals surface area contributed by atoms with Crippen molar-refractivity contribution in [3.8, 4) is 0 Å². The maximum absolute atomic E-state index is 12.0. The number of nitrogens with one attached hydrogen (secondary N) is 2. The molecule has 1 amide bonds. The van der Waals surface area contributed by atoms with Crippen LogP contribution in [0.5, 0.6) is 0 Å². The fraction of sp³-hybridized carbons (Fsp3) is 0.533. The van der Waals surface area contributed by atoms with Crippen LogP contribution in [-0.2, 0) is 16.1 Å². The summed E-state index contributed by atoms with van der Waals surface area (Å²) in [5, 5.41) is 6.02. The average molecular weight is 356 g/mol. The monoisotopic (exact) mass is 355 g/mol. The molecule has 0 aromatic heterocycles. The van der Waals surface area contributed by atoms with Gasteiger partial charge in [0, 0.05) is 24.6 Å². The second-order valence-electron chi connectivity index (χ2n) is 4.96. The van der Waals surface area contributed by atoms with Crippen molar-refractivity contribution in [2.24, 2.45) is 0 Å². The van der Waals surface area contributed by atoms with Gasteiger partial charge in [-0.15, -0.1) is 0 Å². The van der Waals surface area contributed by atoms with E-state index in [0.29, 0.717) is 19.8 Å². The van der Waals surface area contributed by atoms with Gasteiger partial charge in [0.15, 0.2) is 0 Å². The third kappa shape index (κ3) is 3.96. The van der Waals surface area contributed by atoms with Gasteiger partial charge < -0.3 is 20.3 Å². The molecule has 0 spiro atoms. The molecule has 1 aromatic rings. The SMILES string of the molecule is CCNCc1ccc(N2CCOCC2C(=O)NC)c(Br)c1. The smallest absolute Gasteiger partial charge is 0.244 e. The minimum absolute atomic E-state index is 0.0154. The van der Waals surface area contributed by atoms with Crippen LogP contribution in [-0.4, -0.2) is 45.3 Å². The molecule has 0 saturated carbocycles. The molecule has 0 aliphatic carbocycles. The number of morpholine rings is 1. The Morgan fingerprint density at radius 3 is 3.00 bits per heavy atom. The number of amides is 1. The normalized spacial score (nSPS) is 18.6. The molecule has 5 nitrogen and oxygen atoms in total. The van der Waals surface area contributed by atoms with Gasteiger partial charge in [-0.25, -0.2) is 0 Å². The fourth-order valence-corrected chi connectivity index (χ4v) is 3.09. The molecule has 1 fully saturated rings. The first-order valence-electron chi connectivity index (χ1n) is 7.22. The summed E-state index contributed by atoms with van der Waals surface area (Å²) in [6, 6.07) is 5.99. The summed E-state index contributed by atoms with van der Waals surface area (Å²) in [4.78, 5) is 14.1. The second kappa shape index (κ2) is 7.77. The van der Waals surface area contributed by atoms with Crippen molar-refractivity contribution in [2.45, 2.75) is 19.5 Å². The summed E-state index contributed by atoms with van der Waals surface area (Å²) >= 11 is 3.63. The highest BCUT2D eigenvalue weighted by Gasteiger charge is 2.29. The Morgan fingerprint density at radius 2 is 2.33 bits per heavy atom. The predicted octanol–water partition coefficient (Wildman–Crippen LogP) is 1.51. The quantitative estimate of drug-likeness (QED) is 0.840. The van der Waals surface area contributed by atoms with E-state index in [9.17, 15) is 4.79 Å². The Hall–Kier alpha value is -1.11. The maximum atomic E-state index is 12.0. The lowest BCUT2D eigenvalue weighted by Crippen LogP contribution is -2.53. The molecule has 2 N–H and O–H groups in total. The molecule has 0 bridgehead atoms. The number of benzene rings is 1. The van der Waals surface area contributed by atoms with Crippen LogP contribution in [0, 0.1) is 0 Å². The molecule has 116 valence electrons. The number of carbonyl (C=O) groups excluding carboxylic acids is 1. The number of rotatable bonds is 5. The number of hydrogen-bond donors (Lipinski definition) is 2. The minimum Gasteiger partial charge on any atom is -0.377 e. The van der Waals surface area contributed by atoms with E-state index in [0.717, 1.165) is 23.2 Å². The molecule has 1 atom stereocenters. The van der Waals surface area contributed by atoms with Gasteiger partial charge in [-0.3, -0.25) is 4.79 Å². The van der Waals surface area contributed by atoms with Crippen molar-refractivity contribution in [3.05, 3.63) is 28.2 Å². The first kappa shape index (κ1) is 16.3. The standard InChI is InChI=1S/C15H22BrN3O2/c1-3-18-9-11-4-5-13(12(16)8-11)19-6-7-21-10-14(19)15(20)17-2/h4-5,8,14,18H,3,6-7,9-10H2,1-2H3,(H,17,20). The van der Waals surface area contributed by atoms with Crippen LogP contribution in [0.2, 0.25) is 0 Å². The molecule has 1 aliphatic rings. The van der Waals surface area contributed by atoms with Crippen molar-refractivity contribution in [1.82, 2.24) is 10.6 Å². The van der Waals surface area contributed by atoms with Crippen molar-refractivity contribution in [1.29, 1.82) is 0 Å². The molecular formula is C15H22BrN3O2. The Kier molecular flexibility index (Phi) is 6.02. The number of carbonyl (C=O) groups is 1. The van der Waals surface area contributed by atoms with E-state index in [1.165, 1.54) is 5.56 Å². The molecule has 21 heavy (non-hydrogen) atoms. The summed E-state index contributed by atoms with van der Waals surface area (Å²) < 4.78 is 6.45. The fourth-order valence-electron chi connectivity index (χ4n) is 2.44. The van der Waals surface area contributed by atoms with E-state index < -0.39 is 0 Å². The second-order valence-corrected chi connectivity index (χ2v) is 5.82. The van der Waals surface area contributed by atoms with Gasteiger partial charge in [-0.05, 0) is 40.2 Å². The molecule has 1 saturated heterocycles. The predicted molar refractivity (Wildman–Crippen MR) is 87.5 cm³/mol. The highest BCUT2D eigenvalue weighted by molar-refractivity contribution is 9.10. The number of hydrogen-bond acceptors (Lipinski definition) is 4. The van der Waals surface area contributed by atoms with E-state index in [1.54, 1.807) is 7.05 Å². The van der Waals surface area contributed by atoms with E-state index >= 15 is 0 Å². The zero-order valence-corrected chi connectivity index (χ0v) is 14.1. The van der Waals surface area contributed by atoms with Gasteiger partial charge in [0.1, 0.15) is 6.04 Å². The van der Waals surface area contributed by atoms with Crippen LogP contribution in [0.15, 0.2) is 22.7 Å². The van der Waals surface area contributed by atoms with E-state index in [-0.39, 0.29) is 11.9 Å². The van der Waals surface area contributed by atoms with Gasteiger partial charge in [0.25, 0.3) is 0 Å². The molecular weight excluding hydrogens is 334 g/mol. The molecule has 1 unspecified atom stereocenters. The molecule has 1 heterocycles. The van der Waals surface area contributed by atoms with Gasteiger partial charge in [0.2, 0.25) is 5.91 Å². The number of likely N-dealkylation sites (N-methyl/N-ethyl adjacent to an activating group) is 1. The third-order valence-corrected chi connectivity index (χ3v) is 4.21. The van der Waals surface area contributed by atoms with Gasteiger partial charge >= 0.3 is 0 Å². The summed E-state index contributed by atoms with van der Waals surface area (Å²) in [6.45, 7) is 5.65. The van der Waals surface area contributed by atoms with Crippen LogP contribution >= 0.6 is 15.9 Å². The van der Waals surface area contributed by atoms with Crippen LogP contribution < -0.4 is 15.5 Å². The first-order chi connectivity index (χ1) is 10.2. The Morgan fingerprint density at radius 1 is 1.52 bits per heavy atom. The van der Waals surface area contributed by atoms with Crippen molar-refractivity contribution in [3.63, 3.8) is 0 Å². The average Bonchev–Trinajstić information content (AvgIpc) is 2.52. The molecule has 1 aliphatic heterocycles. The number of halogens is 1. The Balaban J connectivity index is 2.20. The summed E-state index contributed by atoms with van der Waals surface area (Å²) in [5.41, 5.74) is 2.25. The van der Waals surface area contributed by atoms with Gasteiger partial charge in [-0.2, -0.15) is 0 Å². The summed E-state index contributed by atoms with van der Waals surface area (Å²) in [6.07, 6.45) is 0. The topological polar surface area (TPSA) is 53.6 Å². The van der Waals surface area contributed by atoms with Crippen molar-refractivity contribution < 1.29 is 9.53 Å². The van der Waals surface area contributed by atoms with Gasteiger partial charge in [-0.1, -0.05) is 13.0 Å². The zero-order valence-electron chi connectivity index (χ0n) is 12.5. The first-order valence-corrected chi connectivity index (χ1v) is 8.01. The Labute approximate surface area is 134 Å². The third-order valence-electron chi connectivity index (χ3n) is 3.58. The summed E-state index contributed by atoms with van der Waals surface area (Å²) in [7, 11) is 1.66. The minimum atomic E-state index is -0.278. The van der Waals surface area contributed by atoms with Crippen LogP contribution in [0.25, 0.3) is 0 Å². The number of nitrogens with zero attached hydrogens (tertiary/aromatic N) is 1. The van der Waals surface area contributed by atoms with E-state index in [1.807, 2.05) is 0 Å². The lowest BCUT2D eigenvalue weighted by molar-refractivity contribution is -0.124. The van der Waals surface area contributed by atoms with Gasteiger partial charge in [0.05, 0.1) is 18.9 Å². The van der Waals surface area contributed by atoms with E-state index in [4.69, 9.17) is 4.74 Å². The van der Waals surface area contributed by atoms with Crippen LogP contribution in [0.1, 0.15) is 12.5 Å². The molecule has 0 radical (unpaired) electrons. The van der Waals surface area contributed by atoms with Crippen molar-refractivity contribution in [2.75, 3.05) is 38.3 Å². The van der Waals surface area contributed by atoms with E-state index in [2.05, 4.69) is 56.6 Å². The largest absolute Gasteiger partial charge is 0.377 e. The summed E-state index contributed by atoms with van der Waals surface area (Å²) in [5.74, 6) is -0.0154. The lowest BCUT2D eigenvalue weighted by atomic mass is 10.1. The molecule has 6 heteroatoms. The zero-order chi connectivity index (χ0) is 15.2. The Bertz CT molecular complexity index is 496. The highest BCUT2D eigenvalue weighted by atomic mass is 79.9. The van der Waals surface area contributed by atoms with Crippen molar-refractivity contribution >= 4 is 27.5 Å². The molecule has 2 rings (SSSR count). The molecule has 1 aromatic carbocycles.